The lowest BCUT2D eigenvalue weighted by atomic mass is 10.1. The van der Waals surface area contributed by atoms with E-state index in [2.05, 4.69) is 15.2 Å². The number of Topliss-reactive ketones (excluding diaryl/α,β-unsaturated/α-hetero) is 1. The van der Waals surface area contributed by atoms with Crippen LogP contribution in [0, 0.1) is 20.8 Å². The molecule has 1 aromatic carbocycles. The average Bonchev–Trinajstić information content (AvgIpc) is 3.32. The number of benzene rings is 1. The van der Waals surface area contributed by atoms with Gasteiger partial charge in [0, 0.05) is 16.6 Å². The largest absolute Gasteiger partial charge is 0.465 e. The molecule has 0 aliphatic heterocycles. The number of carbonyl (C=O) groups excluding carboxylic acids is 2. The van der Waals surface area contributed by atoms with E-state index in [1.165, 1.54) is 16.9 Å². The first-order valence-electron chi connectivity index (χ1n) is 9.04. The Hall–Kier alpha value is -2.52. The zero-order valence-corrected chi connectivity index (χ0v) is 18.2. The number of ether oxygens (including phenoxy) is 1. The van der Waals surface area contributed by atoms with Crippen molar-refractivity contribution in [2.45, 2.75) is 38.8 Å². The van der Waals surface area contributed by atoms with Crippen LogP contribution in [-0.2, 0) is 14.3 Å². The van der Waals surface area contributed by atoms with Crippen LogP contribution in [0.1, 0.15) is 34.7 Å². The summed E-state index contributed by atoms with van der Waals surface area (Å²) < 4.78 is 10.7. The predicted molar refractivity (Wildman–Crippen MR) is 111 cm³/mol. The van der Waals surface area contributed by atoms with E-state index in [4.69, 9.17) is 9.15 Å². The Morgan fingerprint density at radius 1 is 1.21 bits per heavy atom. The lowest BCUT2D eigenvalue weighted by molar-refractivity contribution is -0.147. The normalized spacial score (nSPS) is 12.0. The summed E-state index contributed by atoms with van der Waals surface area (Å²) in [7, 11) is 0. The van der Waals surface area contributed by atoms with Crippen molar-refractivity contribution in [2.75, 3.05) is 12.4 Å². The highest BCUT2D eigenvalue weighted by Crippen LogP contribution is 2.28. The maximum absolute atomic E-state index is 12.8. The fraction of sp³-hybridized carbons (Fsp3) is 0.350. The van der Waals surface area contributed by atoms with E-state index in [-0.39, 0.29) is 23.4 Å². The van der Waals surface area contributed by atoms with Gasteiger partial charge in [0.2, 0.25) is 5.89 Å². The van der Waals surface area contributed by atoms with Gasteiger partial charge in [0.15, 0.2) is 11.7 Å². The molecule has 2 aromatic heterocycles. The van der Waals surface area contributed by atoms with Gasteiger partial charge >= 0.3 is 5.97 Å². The molecule has 0 radical (unpaired) electrons. The van der Waals surface area contributed by atoms with Gasteiger partial charge in [-0.05, 0) is 51.0 Å². The number of carbonyl (C=O) groups is 2. The van der Waals surface area contributed by atoms with Crippen molar-refractivity contribution in [1.82, 2.24) is 15.2 Å². The standard InChI is InChI=1S/C20H21N3O4S2/c1-5-26-19(25)16(18-21-13(4)9-28-18)15(24)10-29-20-23-22-17(27-20)14-7-6-11(2)12(3)8-14/h6-9,16H,5,10H2,1-4H3. The molecule has 0 aliphatic carbocycles. The Balaban J connectivity index is 1.70. The summed E-state index contributed by atoms with van der Waals surface area (Å²) >= 11 is 2.37. The quantitative estimate of drug-likeness (QED) is 0.298. The second-order valence-corrected chi connectivity index (χ2v) is 8.26. The summed E-state index contributed by atoms with van der Waals surface area (Å²) in [5.74, 6) is -1.55. The molecule has 0 N–H and O–H groups in total. The van der Waals surface area contributed by atoms with Crippen LogP contribution in [0.15, 0.2) is 33.2 Å². The maximum Gasteiger partial charge on any atom is 0.323 e. The molecule has 2 heterocycles. The molecule has 0 saturated heterocycles. The molecule has 0 saturated carbocycles. The van der Waals surface area contributed by atoms with Crippen molar-refractivity contribution < 1.29 is 18.7 Å². The monoisotopic (exact) mass is 431 g/mol. The highest BCUT2D eigenvalue weighted by Gasteiger charge is 2.32. The third-order valence-electron chi connectivity index (χ3n) is 4.23. The molecule has 3 rings (SSSR count). The third kappa shape index (κ3) is 5.10. The van der Waals surface area contributed by atoms with Gasteiger partial charge in [-0.2, -0.15) is 0 Å². The number of nitrogens with zero attached hydrogens (tertiary/aromatic N) is 3. The Morgan fingerprint density at radius 2 is 2.00 bits per heavy atom. The first kappa shape index (κ1) is 21.2. The molecule has 1 unspecified atom stereocenters. The summed E-state index contributed by atoms with van der Waals surface area (Å²) in [5.41, 5.74) is 3.88. The Kier molecular flexibility index (Phi) is 6.81. The summed E-state index contributed by atoms with van der Waals surface area (Å²) in [6.45, 7) is 7.76. The summed E-state index contributed by atoms with van der Waals surface area (Å²) in [6.07, 6.45) is 0. The molecular weight excluding hydrogens is 410 g/mol. The molecule has 0 bridgehead atoms. The number of aryl methyl sites for hydroxylation is 3. The molecule has 0 aliphatic rings. The van der Waals surface area contributed by atoms with Gasteiger partial charge in [-0.15, -0.1) is 21.5 Å². The van der Waals surface area contributed by atoms with E-state index in [9.17, 15) is 9.59 Å². The molecule has 29 heavy (non-hydrogen) atoms. The molecule has 9 heteroatoms. The van der Waals surface area contributed by atoms with Crippen LogP contribution in [-0.4, -0.2) is 39.3 Å². The number of thiazole rings is 1. The second kappa shape index (κ2) is 9.32. The molecule has 3 aromatic rings. The van der Waals surface area contributed by atoms with Gasteiger partial charge in [-0.1, -0.05) is 17.8 Å². The Bertz CT molecular complexity index is 1030. The summed E-state index contributed by atoms with van der Waals surface area (Å²) in [5, 5.41) is 10.6. The number of aromatic nitrogens is 3. The number of esters is 1. The highest BCUT2D eigenvalue weighted by atomic mass is 32.2. The van der Waals surface area contributed by atoms with Gasteiger partial charge in [-0.25, -0.2) is 4.98 Å². The number of rotatable bonds is 8. The van der Waals surface area contributed by atoms with Crippen molar-refractivity contribution in [2.24, 2.45) is 0 Å². The molecule has 0 amide bonds. The van der Waals surface area contributed by atoms with Crippen molar-refractivity contribution in [3.63, 3.8) is 0 Å². The van der Waals surface area contributed by atoms with E-state index in [1.807, 2.05) is 39.0 Å². The molecule has 0 fully saturated rings. The van der Waals surface area contributed by atoms with E-state index >= 15 is 0 Å². The first-order valence-corrected chi connectivity index (χ1v) is 10.9. The summed E-state index contributed by atoms with van der Waals surface area (Å²) in [6, 6.07) is 5.88. The smallest absolute Gasteiger partial charge is 0.323 e. The minimum absolute atomic E-state index is 0.00331. The van der Waals surface area contributed by atoms with Crippen molar-refractivity contribution in [3.8, 4) is 11.5 Å². The lowest BCUT2D eigenvalue weighted by Gasteiger charge is -2.11. The van der Waals surface area contributed by atoms with Crippen LogP contribution < -0.4 is 0 Å². The molecule has 1 atom stereocenters. The Morgan fingerprint density at radius 3 is 2.66 bits per heavy atom. The minimum Gasteiger partial charge on any atom is -0.465 e. The maximum atomic E-state index is 12.8. The second-order valence-electron chi connectivity index (χ2n) is 6.44. The molecular formula is C20H21N3O4S2. The lowest BCUT2D eigenvalue weighted by Crippen LogP contribution is -2.25. The van der Waals surface area contributed by atoms with Crippen LogP contribution in [0.2, 0.25) is 0 Å². The van der Waals surface area contributed by atoms with Crippen LogP contribution in [0.25, 0.3) is 11.5 Å². The van der Waals surface area contributed by atoms with Gasteiger partial charge in [-0.3, -0.25) is 9.59 Å². The third-order valence-corrected chi connectivity index (χ3v) is 6.09. The summed E-state index contributed by atoms with van der Waals surface area (Å²) in [4.78, 5) is 29.4. The minimum atomic E-state index is -1.04. The van der Waals surface area contributed by atoms with Crippen LogP contribution in [0.5, 0.6) is 0 Å². The fourth-order valence-corrected chi connectivity index (χ4v) is 4.15. The van der Waals surface area contributed by atoms with Crippen LogP contribution >= 0.6 is 23.1 Å². The van der Waals surface area contributed by atoms with E-state index in [0.29, 0.717) is 10.9 Å². The van der Waals surface area contributed by atoms with Crippen molar-refractivity contribution in [1.29, 1.82) is 0 Å². The number of hydrogen-bond donors (Lipinski definition) is 0. The zero-order valence-electron chi connectivity index (χ0n) is 16.6. The van der Waals surface area contributed by atoms with Crippen LogP contribution in [0.4, 0.5) is 0 Å². The van der Waals surface area contributed by atoms with Gasteiger partial charge < -0.3 is 9.15 Å². The van der Waals surface area contributed by atoms with Gasteiger partial charge in [0.1, 0.15) is 5.01 Å². The number of thioether (sulfide) groups is 1. The molecule has 0 spiro atoms. The van der Waals surface area contributed by atoms with Gasteiger partial charge in [0.05, 0.1) is 12.4 Å². The van der Waals surface area contributed by atoms with Crippen molar-refractivity contribution in [3.05, 3.63) is 45.4 Å². The molecule has 152 valence electrons. The van der Waals surface area contributed by atoms with Crippen LogP contribution in [0.3, 0.4) is 0 Å². The SMILES string of the molecule is CCOC(=O)C(C(=O)CSc1nnc(-c2ccc(C)c(C)c2)o1)c1nc(C)cs1. The average molecular weight is 432 g/mol. The fourth-order valence-electron chi connectivity index (χ4n) is 2.58. The number of hydrogen-bond acceptors (Lipinski definition) is 9. The van der Waals surface area contributed by atoms with E-state index < -0.39 is 11.9 Å². The van der Waals surface area contributed by atoms with E-state index in [0.717, 1.165) is 28.6 Å². The first-order chi connectivity index (χ1) is 13.9. The molecule has 7 nitrogen and oxygen atoms in total. The van der Waals surface area contributed by atoms with Crippen molar-refractivity contribution >= 4 is 34.9 Å². The Labute approximate surface area is 176 Å². The van der Waals surface area contributed by atoms with E-state index in [1.54, 1.807) is 12.3 Å². The van der Waals surface area contributed by atoms with Gasteiger partial charge in [0.25, 0.3) is 5.22 Å². The zero-order chi connectivity index (χ0) is 21.0. The number of ketones is 1. The topological polar surface area (TPSA) is 95.2 Å². The predicted octanol–water partition coefficient (Wildman–Crippen LogP) is 4.13. The highest BCUT2D eigenvalue weighted by molar-refractivity contribution is 7.99.